The molecular formula is C14H17FN2OS. The number of ether oxygens (including phenoxy) is 1. The van der Waals surface area contributed by atoms with Gasteiger partial charge in [-0.15, -0.1) is 0 Å². The fourth-order valence-electron chi connectivity index (χ4n) is 3.02. The van der Waals surface area contributed by atoms with E-state index in [4.69, 9.17) is 22.7 Å². The average molecular weight is 280 g/mol. The van der Waals surface area contributed by atoms with E-state index in [2.05, 4.69) is 4.90 Å². The Balaban J connectivity index is 1.65. The van der Waals surface area contributed by atoms with Crippen LogP contribution in [0.3, 0.4) is 0 Å². The van der Waals surface area contributed by atoms with E-state index in [0.29, 0.717) is 4.99 Å². The van der Waals surface area contributed by atoms with Crippen LogP contribution in [0, 0.1) is 5.82 Å². The number of hydrogen-bond donors (Lipinski definition) is 1. The minimum atomic E-state index is -0.204. The fraction of sp³-hybridized carbons (Fsp3) is 0.500. The molecule has 2 N–H and O–H groups in total. The highest BCUT2D eigenvalue weighted by atomic mass is 32.1. The summed E-state index contributed by atoms with van der Waals surface area (Å²) in [5.41, 5.74) is 6.72. The van der Waals surface area contributed by atoms with Gasteiger partial charge in [0.1, 0.15) is 17.7 Å². The van der Waals surface area contributed by atoms with Gasteiger partial charge in [-0.25, -0.2) is 4.39 Å². The molecule has 1 aromatic rings. The zero-order chi connectivity index (χ0) is 13.4. The maximum Gasteiger partial charge on any atom is 0.123 e. The van der Waals surface area contributed by atoms with E-state index in [0.717, 1.165) is 43.7 Å². The van der Waals surface area contributed by atoms with Gasteiger partial charge in [-0.05, 0) is 37.6 Å². The zero-order valence-electron chi connectivity index (χ0n) is 10.6. The fourth-order valence-corrected chi connectivity index (χ4v) is 3.29. The van der Waals surface area contributed by atoms with Gasteiger partial charge >= 0.3 is 0 Å². The molecular weight excluding hydrogens is 263 g/mol. The molecule has 2 unspecified atom stereocenters. The molecule has 0 amide bonds. The minimum Gasteiger partial charge on any atom is -0.488 e. The number of benzene rings is 1. The highest BCUT2D eigenvalue weighted by Gasteiger charge is 2.32. The van der Waals surface area contributed by atoms with Gasteiger partial charge in [-0.2, -0.15) is 0 Å². The molecule has 1 aromatic carbocycles. The van der Waals surface area contributed by atoms with Crippen molar-refractivity contribution in [1.29, 1.82) is 0 Å². The molecule has 19 heavy (non-hydrogen) atoms. The third kappa shape index (κ3) is 2.58. The van der Waals surface area contributed by atoms with Gasteiger partial charge in [0.25, 0.3) is 0 Å². The van der Waals surface area contributed by atoms with Crippen LogP contribution in [-0.2, 0) is 6.42 Å². The molecule has 0 saturated carbocycles. The van der Waals surface area contributed by atoms with E-state index in [1.165, 1.54) is 6.07 Å². The lowest BCUT2D eigenvalue weighted by molar-refractivity contribution is 0.158. The van der Waals surface area contributed by atoms with E-state index in [-0.39, 0.29) is 18.0 Å². The Morgan fingerprint density at radius 3 is 3.16 bits per heavy atom. The van der Waals surface area contributed by atoms with Crippen LogP contribution in [0.4, 0.5) is 4.39 Å². The predicted octanol–water partition coefficient (Wildman–Crippen LogP) is 1.88. The molecule has 1 saturated heterocycles. The Bertz CT molecular complexity index is 508. The number of fused-ring (bicyclic) bond motifs is 1. The molecule has 0 radical (unpaired) electrons. The minimum absolute atomic E-state index is 0.0757. The summed E-state index contributed by atoms with van der Waals surface area (Å²) in [5, 5.41) is 0. The quantitative estimate of drug-likeness (QED) is 0.858. The maximum absolute atomic E-state index is 13.2. The molecule has 0 aliphatic carbocycles. The Kier molecular flexibility index (Phi) is 3.41. The highest BCUT2D eigenvalue weighted by Crippen LogP contribution is 2.30. The highest BCUT2D eigenvalue weighted by molar-refractivity contribution is 7.80. The van der Waals surface area contributed by atoms with Gasteiger partial charge in [0.2, 0.25) is 0 Å². The second kappa shape index (κ2) is 5.06. The van der Waals surface area contributed by atoms with E-state index < -0.39 is 0 Å². The number of hydrogen-bond acceptors (Lipinski definition) is 3. The number of rotatable bonds is 3. The molecule has 2 aliphatic rings. The molecule has 2 aliphatic heterocycles. The number of nitrogens with two attached hydrogens (primary N) is 1. The molecule has 0 spiro atoms. The Morgan fingerprint density at radius 2 is 2.37 bits per heavy atom. The predicted molar refractivity (Wildman–Crippen MR) is 75.9 cm³/mol. The van der Waals surface area contributed by atoms with Gasteiger partial charge in [-0.1, -0.05) is 12.2 Å². The first-order valence-corrected chi connectivity index (χ1v) is 7.03. The third-order valence-electron chi connectivity index (χ3n) is 3.89. The van der Waals surface area contributed by atoms with Crippen LogP contribution < -0.4 is 10.5 Å². The lowest BCUT2D eigenvalue weighted by atomic mass is 10.1. The SMILES string of the molecule is NC(=S)C1CCCN1CC1Cc2cc(F)ccc2O1. The molecule has 2 atom stereocenters. The number of thiocarbonyl (C=S) groups is 1. The smallest absolute Gasteiger partial charge is 0.123 e. The summed E-state index contributed by atoms with van der Waals surface area (Å²) >= 11 is 5.11. The lowest BCUT2D eigenvalue weighted by Gasteiger charge is -2.26. The van der Waals surface area contributed by atoms with Crippen molar-refractivity contribution >= 4 is 17.2 Å². The van der Waals surface area contributed by atoms with Crippen LogP contribution in [-0.4, -0.2) is 35.1 Å². The first kappa shape index (κ1) is 12.8. The second-order valence-corrected chi connectivity index (χ2v) is 5.72. The normalized spacial score (nSPS) is 26.2. The van der Waals surface area contributed by atoms with E-state index in [1.807, 2.05) is 0 Å². The van der Waals surface area contributed by atoms with Gasteiger partial charge in [0.15, 0.2) is 0 Å². The van der Waals surface area contributed by atoms with Crippen molar-refractivity contribution in [3.8, 4) is 5.75 Å². The Morgan fingerprint density at radius 1 is 1.53 bits per heavy atom. The zero-order valence-corrected chi connectivity index (χ0v) is 11.5. The van der Waals surface area contributed by atoms with Gasteiger partial charge in [0.05, 0.1) is 11.0 Å². The molecule has 102 valence electrons. The number of likely N-dealkylation sites (tertiary alicyclic amines) is 1. The maximum atomic E-state index is 13.2. The standard InChI is InChI=1S/C14H17FN2OS/c15-10-3-4-13-9(6-10)7-11(18-13)8-17-5-1-2-12(17)14(16)19/h3-4,6,11-12H,1-2,5,7-8H2,(H2,16,19). The van der Waals surface area contributed by atoms with Gasteiger partial charge < -0.3 is 10.5 Å². The van der Waals surface area contributed by atoms with Crippen molar-refractivity contribution < 1.29 is 9.13 Å². The van der Waals surface area contributed by atoms with Crippen LogP contribution in [0.15, 0.2) is 18.2 Å². The van der Waals surface area contributed by atoms with Crippen LogP contribution >= 0.6 is 12.2 Å². The van der Waals surface area contributed by atoms with Crippen molar-refractivity contribution in [1.82, 2.24) is 4.90 Å². The molecule has 3 nitrogen and oxygen atoms in total. The molecule has 3 rings (SSSR count). The van der Waals surface area contributed by atoms with E-state index >= 15 is 0 Å². The first-order valence-electron chi connectivity index (χ1n) is 6.62. The first-order chi connectivity index (χ1) is 9.13. The Hall–Kier alpha value is -1.20. The molecule has 2 heterocycles. The molecule has 5 heteroatoms. The lowest BCUT2D eigenvalue weighted by Crippen LogP contribution is -2.43. The average Bonchev–Trinajstić information content (AvgIpc) is 2.95. The molecule has 0 bridgehead atoms. The second-order valence-electron chi connectivity index (χ2n) is 5.25. The van der Waals surface area contributed by atoms with Crippen LogP contribution in [0.5, 0.6) is 5.75 Å². The summed E-state index contributed by atoms with van der Waals surface area (Å²) < 4.78 is 19.0. The van der Waals surface area contributed by atoms with Crippen LogP contribution in [0.1, 0.15) is 18.4 Å². The van der Waals surface area contributed by atoms with Crippen LogP contribution in [0.25, 0.3) is 0 Å². The van der Waals surface area contributed by atoms with Gasteiger partial charge in [0, 0.05) is 18.5 Å². The van der Waals surface area contributed by atoms with Gasteiger partial charge in [-0.3, -0.25) is 4.90 Å². The number of halogens is 1. The van der Waals surface area contributed by atoms with Crippen molar-refractivity contribution in [2.24, 2.45) is 5.73 Å². The summed E-state index contributed by atoms with van der Waals surface area (Å²) in [6.07, 6.45) is 2.99. The van der Waals surface area contributed by atoms with E-state index in [9.17, 15) is 4.39 Å². The summed E-state index contributed by atoms with van der Waals surface area (Å²) in [6.45, 7) is 1.81. The summed E-state index contributed by atoms with van der Waals surface area (Å²) in [4.78, 5) is 2.86. The molecule has 0 aromatic heterocycles. The topological polar surface area (TPSA) is 38.5 Å². The van der Waals surface area contributed by atoms with Crippen molar-refractivity contribution in [2.45, 2.75) is 31.4 Å². The monoisotopic (exact) mass is 280 g/mol. The summed E-state index contributed by atoms with van der Waals surface area (Å²) in [6, 6.07) is 4.90. The summed E-state index contributed by atoms with van der Waals surface area (Å²) in [7, 11) is 0. The summed E-state index contributed by atoms with van der Waals surface area (Å²) in [5.74, 6) is 0.600. The van der Waals surface area contributed by atoms with Crippen LogP contribution in [0.2, 0.25) is 0 Å². The van der Waals surface area contributed by atoms with Crippen molar-refractivity contribution in [2.75, 3.05) is 13.1 Å². The van der Waals surface area contributed by atoms with Crippen molar-refractivity contribution in [3.63, 3.8) is 0 Å². The van der Waals surface area contributed by atoms with E-state index in [1.54, 1.807) is 12.1 Å². The number of nitrogens with zero attached hydrogens (tertiary/aromatic N) is 1. The van der Waals surface area contributed by atoms with Crippen molar-refractivity contribution in [3.05, 3.63) is 29.6 Å². The largest absolute Gasteiger partial charge is 0.488 e. The molecule has 1 fully saturated rings. The Labute approximate surface area is 117 Å². The third-order valence-corrected chi connectivity index (χ3v) is 4.17.